The van der Waals surface area contributed by atoms with Crippen LogP contribution in [0.1, 0.15) is 12.0 Å². The van der Waals surface area contributed by atoms with Crippen LogP contribution in [0.25, 0.3) is 5.65 Å². The minimum Gasteiger partial charge on any atom is -0.366 e. The van der Waals surface area contributed by atoms with Crippen LogP contribution >= 0.6 is 23.2 Å². The number of anilines is 2. The number of likely N-dealkylation sites (N-methyl/N-ethyl adjacent to an activating group) is 1. The molecule has 0 aliphatic carbocycles. The molecule has 2 aromatic heterocycles. The summed E-state index contributed by atoms with van der Waals surface area (Å²) in [5.41, 5.74) is 1.70. The van der Waals surface area contributed by atoms with Crippen molar-refractivity contribution >= 4 is 46.5 Å². The van der Waals surface area contributed by atoms with Gasteiger partial charge in [0.15, 0.2) is 5.65 Å². The topological polar surface area (TPSA) is 81.0 Å². The van der Waals surface area contributed by atoms with Gasteiger partial charge >= 0.3 is 6.03 Å². The van der Waals surface area contributed by atoms with Crippen molar-refractivity contribution in [3.8, 4) is 0 Å². The smallest absolute Gasteiger partial charge is 0.317 e. The highest BCUT2D eigenvalue weighted by Crippen LogP contribution is 2.25. The Morgan fingerprint density at radius 3 is 2.74 bits per heavy atom. The fraction of sp³-hybridized carbons (Fsp3) is 0.435. The van der Waals surface area contributed by atoms with E-state index in [2.05, 4.69) is 32.6 Å². The van der Waals surface area contributed by atoms with Gasteiger partial charge in [-0.05, 0) is 31.2 Å². The number of hydrogen-bond donors (Lipinski definition) is 2. The van der Waals surface area contributed by atoms with E-state index in [9.17, 15) is 4.79 Å². The van der Waals surface area contributed by atoms with Crippen LogP contribution < -0.4 is 15.5 Å². The third kappa shape index (κ3) is 5.01. The number of hydrogen-bond acceptors (Lipinski definition) is 6. The number of amides is 2. The summed E-state index contributed by atoms with van der Waals surface area (Å²) in [6, 6.07) is 9.48. The maximum atomic E-state index is 12.7. The molecule has 0 bridgehead atoms. The lowest BCUT2D eigenvalue weighted by molar-refractivity contribution is 0.152. The molecule has 2 aliphatic heterocycles. The zero-order valence-electron chi connectivity index (χ0n) is 19.0. The molecule has 34 heavy (non-hydrogen) atoms. The molecular formula is C23H28Cl2N8O. The first-order chi connectivity index (χ1) is 16.5. The number of aromatic nitrogens is 3. The second kappa shape index (κ2) is 9.85. The zero-order chi connectivity index (χ0) is 23.7. The first-order valence-corrected chi connectivity index (χ1v) is 12.2. The van der Waals surface area contributed by atoms with Crippen LogP contribution in [0.5, 0.6) is 0 Å². The van der Waals surface area contributed by atoms with Gasteiger partial charge in [-0.3, -0.25) is 0 Å². The monoisotopic (exact) mass is 502 g/mol. The van der Waals surface area contributed by atoms with Gasteiger partial charge in [-0.25, -0.2) is 9.78 Å². The van der Waals surface area contributed by atoms with Crippen LogP contribution in [0, 0.1) is 0 Å². The second-order valence-electron chi connectivity index (χ2n) is 8.86. The highest BCUT2D eigenvalue weighted by atomic mass is 35.5. The molecule has 0 saturated carbocycles. The van der Waals surface area contributed by atoms with Gasteiger partial charge in [0.2, 0.25) is 0 Å². The largest absolute Gasteiger partial charge is 0.366 e. The molecule has 1 aromatic carbocycles. The van der Waals surface area contributed by atoms with Crippen molar-refractivity contribution in [2.24, 2.45) is 0 Å². The molecule has 4 heterocycles. The van der Waals surface area contributed by atoms with Crippen LogP contribution in [0.2, 0.25) is 10.0 Å². The average Bonchev–Trinajstić information content (AvgIpc) is 3.48. The predicted octanol–water partition coefficient (Wildman–Crippen LogP) is 3.18. The SMILES string of the molecule is CN1CCN(C(=O)N[C@@H]2CCN(c3cc(NCc4ccc(Cl)cc4Cl)n4nccc4n3)C2)CC1. The molecule has 9 nitrogen and oxygen atoms in total. The van der Waals surface area contributed by atoms with Crippen molar-refractivity contribution in [2.75, 3.05) is 56.5 Å². The molecule has 2 saturated heterocycles. The van der Waals surface area contributed by atoms with Gasteiger partial charge in [0.05, 0.1) is 6.20 Å². The lowest BCUT2D eigenvalue weighted by Gasteiger charge is -2.33. The molecule has 2 aliphatic rings. The highest BCUT2D eigenvalue weighted by molar-refractivity contribution is 6.35. The number of piperazine rings is 1. The average molecular weight is 503 g/mol. The van der Waals surface area contributed by atoms with Gasteiger partial charge in [0.1, 0.15) is 11.6 Å². The van der Waals surface area contributed by atoms with Crippen molar-refractivity contribution < 1.29 is 4.79 Å². The Morgan fingerprint density at radius 1 is 1.12 bits per heavy atom. The van der Waals surface area contributed by atoms with E-state index in [1.165, 1.54) is 0 Å². The van der Waals surface area contributed by atoms with E-state index in [4.69, 9.17) is 28.2 Å². The molecule has 0 unspecified atom stereocenters. The van der Waals surface area contributed by atoms with Crippen LogP contribution in [0.15, 0.2) is 36.5 Å². The van der Waals surface area contributed by atoms with Crippen molar-refractivity contribution in [3.63, 3.8) is 0 Å². The first-order valence-electron chi connectivity index (χ1n) is 11.5. The summed E-state index contributed by atoms with van der Waals surface area (Å²) >= 11 is 12.4. The van der Waals surface area contributed by atoms with Gasteiger partial charge in [0, 0.05) is 74.0 Å². The normalized spacial score (nSPS) is 19.1. The van der Waals surface area contributed by atoms with Crippen LogP contribution in [0.3, 0.4) is 0 Å². The van der Waals surface area contributed by atoms with Crippen molar-refractivity contribution in [1.29, 1.82) is 0 Å². The number of rotatable bonds is 5. The fourth-order valence-electron chi connectivity index (χ4n) is 4.40. The van der Waals surface area contributed by atoms with E-state index in [0.29, 0.717) is 16.6 Å². The van der Waals surface area contributed by atoms with E-state index < -0.39 is 0 Å². The van der Waals surface area contributed by atoms with Crippen molar-refractivity contribution in [3.05, 3.63) is 52.1 Å². The number of halogens is 2. The Hall–Kier alpha value is -2.75. The third-order valence-electron chi connectivity index (χ3n) is 6.45. The number of urea groups is 1. The number of carbonyl (C=O) groups is 1. The minimum absolute atomic E-state index is 0.0290. The molecule has 11 heteroatoms. The Labute approximate surface area is 208 Å². The number of benzene rings is 1. The quantitative estimate of drug-likeness (QED) is 0.557. The summed E-state index contributed by atoms with van der Waals surface area (Å²) in [7, 11) is 2.08. The fourth-order valence-corrected chi connectivity index (χ4v) is 4.88. The van der Waals surface area contributed by atoms with E-state index >= 15 is 0 Å². The van der Waals surface area contributed by atoms with E-state index in [1.54, 1.807) is 16.8 Å². The second-order valence-corrected chi connectivity index (χ2v) is 9.71. The highest BCUT2D eigenvalue weighted by Gasteiger charge is 2.28. The summed E-state index contributed by atoms with van der Waals surface area (Å²) in [5.74, 6) is 1.68. The van der Waals surface area contributed by atoms with E-state index in [-0.39, 0.29) is 12.1 Å². The van der Waals surface area contributed by atoms with Crippen LogP contribution in [0.4, 0.5) is 16.4 Å². The molecule has 2 fully saturated rings. The Bertz CT molecular complexity index is 1180. The van der Waals surface area contributed by atoms with Gasteiger partial charge in [0.25, 0.3) is 0 Å². The van der Waals surface area contributed by atoms with Crippen LogP contribution in [-0.4, -0.2) is 82.8 Å². The summed E-state index contributed by atoms with van der Waals surface area (Å²) < 4.78 is 1.77. The molecule has 1 atom stereocenters. The number of carbonyl (C=O) groups excluding carboxylic acids is 1. The maximum absolute atomic E-state index is 12.7. The standard InChI is InChI=1S/C23H28Cl2N8O/c1-30-8-10-31(11-9-30)23(34)28-18-5-7-32(15-18)22-13-21(33-20(29-22)4-6-27-33)26-14-16-2-3-17(24)12-19(16)25/h2-4,6,12-13,18,26H,5,7-11,14-15H2,1H3,(H,28,34)/t18-/m1/s1. The molecule has 0 radical (unpaired) electrons. The van der Waals surface area contributed by atoms with Crippen molar-refractivity contribution in [1.82, 2.24) is 29.7 Å². The van der Waals surface area contributed by atoms with Gasteiger partial charge < -0.3 is 25.3 Å². The molecule has 0 spiro atoms. The van der Waals surface area contributed by atoms with Gasteiger partial charge in [-0.2, -0.15) is 9.61 Å². The number of fused-ring (bicyclic) bond motifs is 1. The Balaban J connectivity index is 1.26. The van der Waals surface area contributed by atoms with E-state index in [1.807, 2.05) is 29.2 Å². The molecule has 5 rings (SSSR count). The molecule has 180 valence electrons. The summed E-state index contributed by atoms with van der Waals surface area (Å²) in [6.07, 6.45) is 2.62. The number of nitrogens with zero attached hydrogens (tertiary/aromatic N) is 6. The number of nitrogens with one attached hydrogen (secondary N) is 2. The van der Waals surface area contributed by atoms with Crippen molar-refractivity contribution in [2.45, 2.75) is 19.0 Å². The molecule has 2 N–H and O–H groups in total. The Kier molecular flexibility index (Phi) is 6.67. The Morgan fingerprint density at radius 2 is 1.94 bits per heavy atom. The first kappa shape index (κ1) is 23.0. The molecular weight excluding hydrogens is 475 g/mol. The maximum Gasteiger partial charge on any atom is 0.317 e. The molecule has 3 aromatic rings. The summed E-state index contributed by atoms with van der Waals surface area (Å²) in [6.45, 7) is 5.44. The van der Waals surface area contributed by atoms with Crippen LogP contribution in [-0.2, 0) is 6.54 Å². The van der Waals surface area contributed by atoms with E-state index in [0.717, 1.165) is 68.5 Å². The van der Waals surface area contributed by atoms with Gasteiger partial charge in [-0.15, -0.1) is 0 Å². The molecule has 2 amide bonds. The minimum atomic E-state index is 0.0290. The zero-order valence-corrected chi connectivity index (χ0v) is 20.6. The van der Waals surface area contributed by atoms with Gasteiger partial charge in [-0.1, -0.05) is 29.3 Å². The third-order valence-corrected chi connectivity index (χ3v) is 7.04. The summed E-state index contributed by atoms with van der Waals surface area (Å²) in [4.78, 5) is 23.8. The lowest BCUT2D eigenvalue weighted by atomic mass is 10.2. The summed E-state index contributed by atoms with van der Waals surface area (Å²) in [5, 5.41) is 12.3. The predicted molar refractivity (Wildman–Crippen MR) is 135 cm³/mol. The lowest BCUT2D eigenvalue weighted by Crippen LogP contribution is -2.52.